The molecule has 1 aromatic heterocycles. The lowest BCUT2D eigenvalue weighted by Crippen LogP contribution is -2.28. The lowest BCUT2D eigenvalue weighted by Gasteiger charge is -2.20. The van der Waals surface area contributed by atoms with Gasteiger partial charge in [0.1, 0.15) is 11.3 Å². The first-order valence-electron chi connectivity index (χ1n) is 5.93. The molecule has 1 N–H and O–H groups in total. The Bertz CT molecular complexity index is 615. The maximum atomic E-state index is 11.8. The lowest BCUT2D eigenvalue weighted by molar-refractivity contribution is 0.0595. The monoisotopic (exact) mass is 354 g/mol. The SMILES string of the molecule is C#Cc1nc(C(=O)OC)c(NC(=O)OC(C)(C)C)cc1Br. The summed E-state index contributed by atoms with van der Waals surface area (Å²) in [5.41, 5.74) is -0.398. The van der Waals surface area contributed by atoms with Crippen LogP contribution in [0.15, 0.2) is 10.5 Å². The normalized spacial score (nSPS) is 10.5. The van der Waals surface area contributed by atoms with Crippen LogP contribution in [0.3, 0.4) is 0 Å². The predicted octanol–water partition coefficient (Wildman–Crippen LogP) is 2.96. The number of carbonyl (C=O) groups is 2. The number of rotatable bonds is 2. The number of amides is 1. The molecule has 0 aromatic carbocycles. The highest BCUT2D eigenvalue weighted by atomic mass is 79.9. The minimum Gasteiger partial charge on any atom is -0.464 e. The van der Waals surface area contributed by atoms with E-state index in [9.17, 15) is 9.59 Å². The summed E-state index contributed by atoms with van der Waals surface area (Å²) in [6, 6.07) is 1.47. The summed E-state index contributed by atoms with van der Waals surface area (Å²) >= 11 is 3.21. The summed E-state index contributed by atoms with van der Waals surface area (Å²) < 4.78 is 10.2. The Morgan fingerprint density at radius 1 is 1.43 bits per heavy atom. The van der Waals surface area contributed by atoms with Crippen LogP contribution in [0, 0.1) is 12.3 Å². The van der Waals surface area contributed by atoms with Crippen molar-refractivity contribution in [2.75, 3.05) is 12.4 Å². The van der Waals surface area contributed by atoms with Gasteiger partial charge in [0.05, 0.1) is 17.3 Å². The average molecular weight is 355 g/mol. The van der Waals surface area contributed by atoms with Crippen molar-refractivity contribution >= 4 is 33.7 Å². The first-order chi connectivity index (χ1) is 9.67. The summed E-state index contributed by atoms with van der Waals surface area (Å²) in [5, 5.41) is 2.45. The van der Waals surface area contributed by atoms with Gasteiger partial charge in [-0.25, -0.2) is 14.6 Å². The Labute approximate surface area is 131 Å². The molecule has 1 aromatic rings. The van der Waals surface area contributed by atoms with Gasteiger partial charge in [0.2, 0.25) is 0 Å². The maximum Gasteiger partial charge on any atom is 0.412 e. The molecule has 1 heterocycles. The third-order valence-electron chi connectivity index (χ3n) is 2.13. The van der Waals surface area contributed by atoms with Gasteiger partial charge in [0.25, 0.3) is 0 Å². The standard InChI is InChI=1S/C14H15BrN2O4/c1-6-9-8(15)7-10(11(16-9)12(18)20-5)17-13(19)21-14(2,3)4/h1,7H,2-5H3,(H,17,19). The van der Waals surface area contributed by atoms with Crippen LogP contribution >= 0.6 is 15.9 Å². The number of terminal acetylenes is 1. The summed E-state index contributed by atoms with van der Waals surface area (Å²) in [6.45, 7) is 5.18. The van der Waals surface area contributed by atoms with Gasteiger partial charge < -0.3 is 9.47 Å². The summed E-state index contributed by atoms with van der Waals surface area (Å²) in [6.07, 6.45) is 4.58. The van der Waals surface area contributed by atoms with Gasteiger partial charge in [-0.05, 0) is 48.7 Å². The van der Waals surface area contributed by atoms with Gasteiger partial charge in [-0.2, -0.15) is 0 Å². The highest BCUT2D eigenvalue weighted by Gasteiger charge is 2.21. The van der Waals surface area contributed by atoms with E-state index in [1.54, 1.807) is 20.8 Å². The number of carbonyl (C=O) groups excluding carboxylic acids is 2. The molecule has 1 rings (SSSR count). The first-order valence-corrected chi connectivity index (χ1v) is 6.72. The third-order valence-corrected chi connectivity index (χ3v) is 2.73. The van der Waals surface area contributed by atoms with E-state index in [-0.39, 0.29) is 17.1 Å². The Kier molecular flexibility index (Phi) is 5.33. The van der Waals surface area contributed by atoms with Gasteiger partial charge in [0.15, 0.2) is 5.69 Å². The molecule has 7 heteroatoms. The minimum atomic E-state index is -0.718. The van der Waals surface area contributed by atoms with Crippen LogP contribution in [0.5, 0.6) is 0 Å². The summed E-state index contributed by atoms with van der Waals surface area (Å²) in [7, 11) is 1.21. The van der Waals surface area contributed by atoms with Crippen LogP contribution in [0.1, 0.15) is 37.0 Å². The number of nitrogens with one attached hydrogen (secondary N) is 1. The minimum absolute atomic E-state index is 0.0977. The van der Waals surface area contributed by atoms with Gasteiger partial charge in [-0.15, -0.1) is 6.42 Å². The van der Waals surface area contributed by atoms with E-state index in [1.165, 1.54) is 13.2 Å². The zero-order chi connectivity index (χ0) is 16.2. The fraction of sp³-hybridized carbons (Fsp3) is 0.357. The van der Waals surface area contributed by atoms with Crippen molar-refractivity contribution in [1.29, 1.82) is 0 Å². The molecule has 0 spiro atoms. The fourth-order valence-electron chi connectivity index (χ4n) is 1.35. The molecule has 21 heavy (non-hydrogen) atoms. The Morgan fingerprint density at radius 3 is 2.52 bits per heavy atom. The van der Waals surface area contributed by atoms with Gasteiger partial charge in [0, 0.05) is 0 Å². The van der Waals surface area contributed by atoms with Crippen molar-refractivity contribution in [2.45, 2.75) is 26.4 Å². The van der Waals surface area contributed by atoms with Crippen LogP contribution in [0.25, 0.3) is 0 Å². The third kappa shape index (κ3) is 4.76. The van der Waals surface area contributed by atoms with Crippen molar-refractivity contribution in [1.82, 2.24) is 4.98 Å². The smallest absolute Gasteiger partial charge is 0.412 e. The zero-order valence-corrected chi connectivity index (χ0v) is 13.7. The van der Waals surface area contributed by atoms with E-state index < -0.39 is 17.7 Å². The van der Waals surface area contributed by atoms with Crippen molar-refractivity contribution in [3.8, 4) is 12.3 Å². The quantitative estimate of drug-likeness (QED) is 0.652. The molecule has 0 atom stereocenters. The second kappa shape index (κ2) is 6.59. The zero-order valence-electron chi connectivity index (χ0n) is 12.1. The Morgan fingerprint density at radius 2 is 2.05 bits per heavy atom. The van der Waals surface area contributed by atoms with E-state index in [2.05, 4.69) is 36.9 Å². The molecular weight excluding hydrogens is 340 g/mol. The van der Waals surface area contributed by atoms with E-state index in [4.69, 9.17) is 11.2 Å². The molecule has 6 nitrogen and oxygen atoms in total. The molecule has 0 aliphatic carbocycles. The molecule has 0 bridgehead atoms. The van der Waals surface area contributed by atoms with Crippen LogP contribution < -0.4 is 5.32 Å². The van der Waals surface area contributed by atoms with E-state index in [0.29, 0.717) is 4.47 Å². The second-order valence-corrected chi connectivity index (χ2v) is 5.83. The predicted molar refractivity (Wildman–Crippen MR) is 81.1 cm³/mol. The van der Waals surface area contributed by atoms with E-state index >= 15 is 0 Å². The average Bonchev–Trinajstić information content (AvgIpc) is 2.35. The number of methoxy groups -OCH3 is 1. The Hall–Kier alpha value is -2.07. The van der Waals surface area contributed by atoms with Crippen molar-refractivity contribution in [3.63, 3.8) is 0 Å². The van der Waals surface area contributed by atoms with Gasteiger partial charge in [-0.3, -0.25) is 5.32 Å². The molecule has 0 fully saturated rings. The molecule has 0 unspecified atom stereocenters. The number of pyridine rings is 1. The largest absolute Gasteiger partial charge is 0.464 e. The number of nitrogens with zero attached hydrogens (tertiary/aromatic N) is 1. The molecule has 0 saturated carbocycles. The number of aromatic nitrogens is 1. The van der Waals surface area contributed by atoms with Gasteiger partial charge >= 0.3 is 12.1 Å². The van der Waals surface area contributed by atoms with E-state index in [1.807, 2.05) is 0 Å². The molecule has 0 aliphatic rings. The molecule has 112 valence electrons. The molecule has 0 radical (unpaired) electrons. The molecule has 1 amide bonds. The molecular formula is C14H15BrN2O4. The highest BCUT2D eigenvalue weighted by Crippen LogP contribution is 2.24. The number of hydrogen-bond donors (Lipinski definition) is 1. The Balaban J connectivity index is 3.17. The van der Waals surface area contributed by atoms with Crippen LogP contribution in [-0.2, 0) is 9.47 Å². The van der Waals surface area contributed by atoms with Crippen molar-refractivity contribution < 1.29 is 19.1 Å². The van der Waals surface area contributed by atoms with Gasteiger partial charge in [-0.1, -0.05) is 0 Å². The topological polar surface area (TPSA) is 77.5 Å². The van der Waals surface area contributed by atoms with Crippen LogP contribution in [0.4, 0.5) is 10.5 Å². The van der Waals surface area contributed by atoms with Crippen molar-refractivity contribution in [2.24, 2.45) is 0 Å². The maximum absolute atomic E-state index is 11.8. The fourth-order valence-corrected chi connectivity index (χ4v) is 1.78. The van der Waals surface area contributed by atoms with Crippen LogP contribution in [0.2, 0.25) is 0 Å². The first kappa shape index (κ1) is 17.0. The number of anilines is 1. The highest BCUT2D eigenvalue weighted by molar-refractivity contribution is 9.10. The lowest BCUT2D eigenvalue weighted by atomic mass is 10.2. The number of halogens is 1. The van der Waals surface area contributed by atoms with E-state index in [0.717, 1.165) is 0 Å². The summed E-state index contributed by atoms with van der Waals surface area (Å²) in [4.78, 5) is 27.5. The number of hydrogen-bond acceptors (Lipinski definition) is 5. The number of ether oxygens (including phenoxy) is 2. The second-order valence-electron chi connectivity index (χ2n) is 4.98. The van der Waals surface area contributed by atoms with Crippen molar-refractivity contribution in [3.05, 3.63) is 21.9 Å². The number of esters is 1. The molecule has 0 saturated heterocycles. The molecule has 0 aliphatic heterocycles. The van der Waals surface area contributed by atoms with Crippen LogP contribution in [-0.4, -0.2) is 29.8 Å². The summed E-state index contributed by atoms with van der Waals surface area (Å²) in [5.74, 6) is 1.61.